The Morgan fingerprint density at radius 3 is 2.52 bits per heavy atom. The van der Waals surface area contributed by atoms with Gasteiger partial charge in [0, 0.05) is 28.5 Å². The Kier molecular flexibility index (Phi) is 4.40. The van der Waals surface area contributed by atoms with Gasteiger partial charge < -0.3 is 11.1 Å². The number of urea groups is 1. The predicted octanol–water partition coefficient (Wildman–Crippen LogP) is 1.83. The molecule has 2 aromatic carbocycles. The van der Waals surface area contributed by atoms with Gasteiger partial charge in [0.25, 0.3) is 5.91 Å². The molecule has 1 saturated heterocycles. The number of benzene rings is 2. The monoisotopic (exact) mass is 388 g/mol. The third-order valence-electron chi connectivity index (χ3n) is 4.50. The van der Waals surface area contributed by atoms with Crippen molar-refractivity contribution in [3.05, 3.63) is 66.0 Å². The predicted molar refractivity (Wildman–Crippen MR) is 108 cm³/mol. The molecule has 1 fully saturated rings. The van der Waals surface area contributed by atoms with Crippen LogP contribution in [0.4, 0.5) is 16.2 Å². The van der Waals surface area contributed by atoms with Crippen molar-refractivity contribution < 1.29 is 14.4 Å². The number of anilines is 2. The lowest BCUT2D eigenvalue weighted by Crippen LogP contribution is -2.27. The highest BCUT2D eigenvalue weighted by atomic mass is 16.2. The van der Waals surface area contributed by atoms with Crippen LogP contribution >= 0.6 is 0 Å². The van der Waals surface area contributed by atoms with E-state index in [0.717, 1.165) is 10.8 Å². The van der Waals surface area contributed by atoms with Crippen molar-refractivity contribution in [3.8, 4) is 0 Å². The molecule has 0 unspecified atom stereocenters. The zero-order chi connectivity index (χ0) is 20.5. The minimum Gasteiger partial charge on any atom is -0.384 e. The molecule has 1 aliphatic heterocycles. The fourth-order valence-corrected chi connectivity index (χ4v) is 3.00. The van der Waals surface area contributed by atoms with Crippen LogP contribution in [-0.4, -0.2) is 35.2 Å². The summed E-state index contributed by atoms with van der Waals surface area (Å²) in [6, 6.07) is 13.0. The highest BCUT2D eigenvalue weighted by Crippen LogP contribution is 2.21. The summed E-state index contributed by atoms with van der Waals surface area (Å²) < 4.78 is 0. The Labute approximate surface area is 165 Å². The van der Waals surface area contributed by atoms with Gasteiger partial charge >= 0.3 is 6.03 Å². The maximum atomic E-state index is 12.5. The minimum atomic E-state index is -0.472. The maximum absolute atomic E-state index is 12.5. The molecule has 4 rings (SSSR count). The molecule has 0 saturated carbocycles. The van der Waals surface area contributed by atoms with Gasteiger partial charge in [-0.1, -0.05) is 12.1 Å². The minimum absolute atomic E-state index is 0.0309. The van der Waals surface area contributed by atoms with Crippen molar-refractivity contribution in [2.24, 2.45) is 5.73 Å². The van der Waals surface area contributed by atoms with Crippen LogP contribution in [0, 0.1) is 5.41 Å². The van der Waals surface area contributed by atoms with E-state index in [4.69, 9.17) is 11.1 Å². The van der Waals surface area contributed by atoms with Crippen molar-refractivity contribution in [2.45, 2.75) is 0 Å². The van der Waals surface area contributed by atoms with E-state index >= 15 is 0 Å². The number of fused-ring (bicyclic) bond motifs is 1. The molecule has 1 aromatic heterocycles. The number of hydrogen-bond acceptors (Lipinski definition) is 5. The average Bonchev–Trinajstić information content (AvgIpc) is 3.05. The van der Waals surface area contributed by atoms with Gasteiger partial charge in [-0.3, -0.25) is 30.2 Å². The van der Waals surface area contributed by atoms with Gasteiger partial charge in [-0.2, -0.15) is 0 Å². The summed E-state index contributed by atoms with van der Waals surface area (Å²) >= 11 is 0. The van der Waals surface area contributed by atoms with E-state index in [1.54, 1.807) is 54.7 Å². The topological polar surface area (TPSA) is 141 Å². The fraction of sp³-hybridized carbons (Fsp3) is 0.0500. The van der Waals surface area contributed by atoms with Crippen LogP contribution in [-0.2, 0) is 4.79 Å². The Morgan fingerprint density at radius 1 is 1.10 bits per heavy atom. The number of nitrogens with zero attached hydrogens (tertiary/aromatic N) is 2. The van der Waals surface area contributed by atoms with Gasteiger partial charge in [-0.15, -0.1) is 0 Å². The SMILES string of the molecule is N=C(N)c1ccc2cc(C(=O)Nc3ccc(N4CC(=O)NC4=O)cc3)ncc2c1. The molecular weight excluding hydrogens is 372 g/mol. The third-order valence-corrected chi connectivity index (χ3v) is 4.50. The summed E-state index contributed by atoms with van der Waals surface area (Å²) in [5, 5.41) is 14.0. The number of rotatable bonds is 4. The molecular formula is C20H16N6O3. The molecule has 0 radical (unpaired) electrons. The largest absolute Gasteiger partial charge is 0.384 e. The first-order valence-corrected chi connectivity index (χ1v) is 8.68. The number of imide groups is 1. The van der Waals surface area contributed by atoms with Crippen LogP contribution in [0.15, 0.2) is 54.7 Å². The zero-order valence-electron chi connectivity index (χ0n) is 15.1. The van der Waals surface area contributed by atoms with Crippen molar-refractivity contribution in [1.82, 2.24) is 10.3 Å². The van der Waals surface area contributed by atoms with Gasteiger partial charge in [0.2, 0.25) is 5.91 Å². The van der Waals surface area contributed by atoms with Crippen molar-refractivity contribution in [1.29, 1.82) is 5.41 Å². The number of nitrogens with two attached hydrogens (primary N) is 1. The molecule has 4 amide bonds. The standard InChI is InChI=1S/C20H16N6O3/c21-18(22)12-2-1-11-8-16(23-9-13(11)7-12)19(28)24-14-3-5-15(6-4-14)26-10-17(27)25-20(26)29/h1-9H,10H2,(H3,21,22)(H,24,28)(H,25,27,29). The number of amides is 4. The molecule has 2 heterocycles. The molecule has 5 N–H and O–H groups in total. The van der Waals surface area contributed by atoms with Crippen LogP contribution in [0.25, 0.3) is 10.8 Å². The highest BCUT2D eigenvalue weighted by molar-refractivity contribution is 6.12. The first-order chi connectivity index (χ1) is 13.9. The van der Waals surface area contributed by atoms with Crippen LogP contribution in [0.3, 0.4) is 0 Å². The van der Waals surface area contributed by atoms with Gasteiger partial charge in [0.15, 0.2) is 0 Å². The molecule has 9 heteroatoms. The molecule has 0 aliphatic carbocycles. The molecule has 0 bridgehead atoms. The first-order valence-electron chi connectivity index (χ1n) is 8.68. The van der Waals surface area contributed by atoms with Gasteiger partial charge in [-0.25, -0.2) is 4.79 Å². The lowest BCUT2D eigenvalue weighted by Gasteiger charge is -2.14. The summed E-state index contributed by atoms with van der Waals surface area (Å²) in [5.74, 6) is -0.775. The first kappa shape index (κ1) is 18.1. The van der Waals surface area contributed by atoms with E-state index in [1.165, 1.54) is 4.90 Å². The molecule has 0 spiro atoms. The van der Waals surface area contributed by atoms with E-state index in [9.17, 15) is 14.4 Å². The Morgan fingerprint density at radius 2 is 1.86 bits per heavy atom. The molecule has 9 nitrogen and oxygen atoms in total. The molecule has 1 aliphatic rings. The lowest BCUT2D eigenvalue weighted by molar-refractivity contribution is -0.117. The number of pyridine rings is 1. The number of nitrogens with one attached hydrogen (secondary N) is 3. The van der Waals surface area contributed by atoms with Gasteiger partial charge in [-0.05, 0) is 41.8 Å². The normalized spacial score (nSPS) is 13.4. The number of hydrogen-bond donors (Lipinski definition) is 4. The van der Waals surface area contributed by atoms with Gasteiger partial charge in [0.05, 0.1) is 0 Å². The van der Waals surface area contributed by atoms with Crippen molar-refractivity contribution in [2.75, 3.05) is 16.8 Å². The van der Waals surface area contributed by atoms with Gasteiger partial charge in [0.1, 0.15) is 18.1 Å². The van der Waals surface area contributed by atoms with E-state index in [1.807, 2.05) is 0 Å². The van der Waals surface area contributed by atoms with E-state index in [2.05, 4.69) is 15.6 Å². The van der Waals surface area contributed by atoms with Crippen molar-refractivity contribution in [3.63, 3.8) is 0 Å². The number of amidine groups is 1. The number of aromatic nitrogens is 1. The Hall–Kier alpha value is -4.27. The highest BCUT2D eigenvalue weighted by Gasteiger charge is 2.27. The molecule has 144 valence electrons. The molecule has 29 heavy (non-hydrogen) atoms. The van der Waals surface area contributed by atoms with E-state index in [0.29, 0.717) is 16.9 Å². The third kappa shape index (κ3) is 3.61. The summed E-state index contributed by atoms with van der Waals surface area (Å²) in [6.45, 7) is -0.0309. The second-order valence-electron chi connectivity index (χ2n) is 6.49. The van der Waals surface area contributed by atoms with Crippen LogP contribution in [0.1, 0.15) is 16.1 Å². The fourth-order valence-electron chi connectivity index (χ4n) is 3.00. The zero-order valence-corrected chi connectivity index (χ0v) is 15.1. The van der Waals surface area contributed by atoms with E-state index < -0.39 is 6.03 Å². The Balaban J connectivity index is 1.50. The summed E-state index contributed by atoms with van der Waals surface area (Å²) in [6.07, 6.45) is 1.56. The average molecular weight is 388 g/mol. The summed E-state index contributed by atoms with van der Waals surface area (Å²) in [5.41, 5.74) is 7.39. The Bertz CT molecular complexity index is 1170. The second-order valence-corrected chi connectivity index (χ2v) is 6.49. The van der Waals surface area contributed by atoms with E-state index in [-0.39, 0.29) is 29.9 Å². The number of carbonyl (C=O) groups is 3. The lowest BCUT2D eigenvalue weighted by atomic mass is 10.1. The molecule has 3 aromatic rings. The number of nitrogen functional groups attached to an aromatic ring is 1. The van der Waals surface area contributed by atoms with Crippen LogP contribution in [0.5, 0.6) is 0 Å². The summed E-state index contributed by atoms with van der Waals surface area (Å²) in [4.78, 5) is 41.0. The maximum Gasteiger partial charge on any atom is 0.329 e. The second kappa shape index (κ2) is 7.04. The molecule has 0 atom stereocenters. The number of carbonyl (C=O) groups excluding carboxylic acids is 3. The van der Waals surface area contributed by atoms with Crippen LogP contribution in [0.2, 0.25) is 0 Å². The quantitative estimate of drug-likeness (QED) is 0.306. The summed E-state index contributed by atoms with van der Waals surface area (Å²) in [7, 11) is 0. The van der Waals surface area contributed by atoms with Crippen LogP contribution < -0.4 is 21.3 Å². The smallest absolute Gasteiger partial charge is 0.329 e. The van der Waals surface area contributed by atoms with Crippen molar-refractivity contribution >= 4 is 45.8 Å².